The average Bonchev–Trinajstić information content (AvgIpc) is 2.77. The van der Waals surface area contributed by atoms with E-state index in [4.69, 9.17) is 0 Å². The molecule has 2 aromatic rings. The Morgan fingerprint density at radius 1 is 1.03 bits per heavy atom. The standard InChI is InChI=1S/C27H33F3N2O/c1-26(2)18-32(17-25(33)31-15-19-6-4-3-5-7-19)16-22-14-21(10-13-24(22)26)20-8-11-23(12-9-20)27(28,29)30/h8-14,19H,3-7,15-18H2,1-2H3,(H,31,33). The number of carbonyl (C=O) groups is 1. The maximum atomic E-state index is 12.9. The Morgan fingerprint density at radius 2 is 1.70 bits per heavy atom. The summed E-state index contributed by atoms with van der Waals surface area (Å²) in [7, 11) is 0. The highest BCUT2D eigenvalue weighted by molar-refractivity contribution is 5.78. The summed E-state index contributed by atoms with van der Waals surface area (Å²) in [4.78, 5) is 14.8. The van der Waals surface area contributed by atoms with Crippen LogP contribution in [0.3, 0.4) is 0 Å². The second kappa shape index (κ2) is 9.49. The van der Waals surface area contributed by atoms with Crippen molar-refractivity contribution in [2.45, 2.75) is 64.1 Å². The monoisotopic (exact) mass is 458 g/mol. The number of rotatable bonds is 5. The van der Waals surface area contributed by atoms with Crippen LogP contribution in [0.2, 0.25) is 0 Å². The molecule has 2 aliphatic rings. The molecular formula is C27H33F3N2O. The number of benzene rings is 2. The number of fused-ring (bicyclic) bond motifs is 1. The minimum absolute atomic E-state index is 0.0683. The van der Waals surface area contributed by atoms with Gasteiger partial charge in [-0.15, -0.1) is 0 Å². The molecule has 1 aliphatic heterocycles. The number of halogens is 3. The Bertz CT molecular complexity index is 976. The van der Waals surface area contributed by atoms with E-state index >= 15 is 0 Å². The number of nitrogens with zero attached hydrogens (tertiary/aromatic N) is 1. The molecule has 1 amide bonds. The van der Waals surface area contributed by atoms with Crippen molar-refractivity contribution in [1.82, 2.24) is 10.2 Å². The van der Waals surface area contributed by atoms with Crippen LogP contribution in [0.4, 0.5) is 13.2 Å². The van der Waals surface area contributed by atoms with Gasteiger partial charge in [0.15, 0.2) is 0 Å². The molecule has 1 saturated carbocycles. The van der Waals surface area contributed by atoms with Gasteiger partial charge in [-0.05, 0) is 59.2 Å². The number of nitrogens with one attached hydrogen (secondary N) is 1. The lowest BCUT2D eigenvalue weighted by Crippen LogP contribution is -2.46. The summed E-state index contributed by atoms with van der Waals surface area (Å²) < 4.78 is 38.7. The first-order valence-corrected chi connectivity index (χ1v) is 11.9. The predicted octanol–water partition coefficient (Wildman–Crippen LogP) is 6.16. The Hall–Kier alpha value is -2.34. The van der Waals surface area contributed by atoms with Crippen LogP contribution in [-0.4, -0.2) is 30.4 Å². The van der Waals surface area contributed by atoms with Gasteiger partial charge in [0.25, 0.3) is 0 Å². The lowest BCUT2D eigenvalue weighted by Gasteiger charge is -2.40. The quantitative estimate of drug-likeness (QED) is 0.582. The molecule has 2 aromatic carbocycles. The lowest BCUT2D eigenvalue weighted by molar-refractivity contribution is -0.137. The molecule has 0 atom stereocenters. The molecule has 1 heterocycles. The van der Waals surface area contributed by atoms with Gasteiger partial charge in [-0.25, -0.2) is 0 Å². The molecule has 0 radical (unpaired) electrons. The molecule has 0 saturated heterocycles. The Balaban J connectivity index is 1.45. The molecule has 1 aliphatic carbocycles. The van der Waals surface area contributed by atoms with Gasteiger partial charge >= 0.3 is 6.18 Å². The zero-order valence-electron chi connectivity index (χ0n) is 19.5. The molecule has 0 bridgehead atoms. The van der Waals surface area contributed by atoms with Gasteiger partial charge in [0, 0.05) is 25.0 Å². The normalized spacial score (nSPS) is 19.2. The number of carbonyl (C=O) groups excluding carboxylic acids is 1. The second-order valence-electron chi connectivity index (χ2n) is 10.3. The molecular weight excluding hydrogens is 425 g/mol. The van der Waals surface area contributed by atoms with Crippen molar-refractivity contribution in [2.24, 2.45) is 5.92 Å². The third-order valence-corrected chi connectivity index (χ3v) is 7.07. The molecule has 3 nitrogen and oxygen atoms in total. The summed E-state index contributed by atoms with van der Waals surface area (Å²) in [5, 5.41) is 3.13. The van der Waals surface area contributed by atoms with E-state index in [1.807, 2.05) is 6.07 Å². The Kier molecular flexibility index (Phi) is 6.85. The van der Waals surface area contributed by atoms with Crippen molar-refractivity contribution in [3.63, 3.8) is 0 Å². The predicted molar refractivity (Wildman–Crippen MR) is 125 cm³/mol. The molecule has 1 fully saturated rings. The van der Waals surface area contributed by atoms with Gasteiger partial charge in [0.2, 0.25) is 5.91 Å². The van der Waals surface area contributed by atoms with Gasteiger partial charge in [0.05, 0.1) is 12.1 Å². The summed E-state index contributed by atoms with van der Waals surface area (Å²) in [6, 6.07) is 11.4. The van der Waals surface area contributed by atoms with Crippen molar-refractivity contribution in [3.8, 4) is 11.1 Å². The smallest absolute Gasteiger partial charge is 0.355 e. The summed E-state index contributed by atoms with van der Waals surface area (Å²) in [5.41, 5.74) is 3.25. The molecule has 0 spiro atoms. The van der Waals surface area contributed by atoms with E-state index < -0.39 is 11.7 Å². The minimum Gasteiger partial charge on any atom is -0.355 e. The topological polar surface area (TPSA) is 32.3 Å². The van der Waals surface area contributed by atoms with Gasteiger partial charge < -0.3 is 5.32 Å². The fourth-order valence-electron chi connectivity index (χ4n) is 5.38. The van der Waals surface area contributed by atoms with Crippen molar-refractivity contribution >= 4 is 5.91 Å². The van der Waals surface area contributed by atoms with Crippen molar-refractivity contribution in [2.75, 3.05) is 19.6 Å². The van der Waals surface area contributed by atoms with Gasteiger partial charge in [-0.2, -0.15) is 13.2 Å². The molecule has 1 N–H and O–H groups in total. The SMILES string of the molecule is CC1(C)CN(CC(=O)NCC2CCCCC2)Cc2cc(-c3ccc(C(F)(F)F)cc3)ccc21. The third-order valence-electron chi connectivity index (χ3n) is 7.07. The van der Waals surface area contributed by atoms with Crippen LogP contribution in [0.15, 0.2) is 42.5 Å². The Morgan fingerprint density at radius 3 is 2.36 bits per heavy atom. The number of hydrogen-bond donors (Lipinski definition) is 1. The number of alkyl halides is 3. The molecule has 4 rings (SSSR count). The highest BCUT2D eigenvalue weighted by Crippen LogP contribution is 2.36. The first-order chi connectivity index (χ1) is 15.6. The second-order valence-corrected chi connectivity index (χ2v) is 10.3. The minimum atomic E-state index is -4.34. The number of hydrogen-bond acceptors (Lipinski definition) is 2. The van der Waals surface area contributed by atoms with E-state index in [0.717, 1.165) is 41.9 Å². The van der Waals surface area contributed by atoms with Crippen LogP contribution >= 0.6 is 0 Å². The summed E-state index contributed by atoms with van der Waals surface area (Å²) in [6.45, 7) is 6.93. The van der Waals surface area contributed by atoms with Crippen LogP contribution in [0.1, 0.15) is 62.6 Å². The highest BCUT2D eigenvalue weighted by Gasteiger charge is 2.33. The Labute approximate surface area is 194 Å². The summed E-state index contributed by atoms with van der Waals surface area (Å²) in [6.07, 6.45) is 1.91. The lowest BCUT2D eigenvalue weighted by atomic mass is 9.77. The maximum Gasteiger partial charge on any atom is 0.416 e. The first-order valence-electron chi connectivity index (χ1n) is 11.9. The summed E-state index contributed by atoms with van der Waals surface area (Å²) in [5.74, 6) is 0.672. The molecule has 178 valence electrons. The van der Waals surface area contributed by atoms with Crippen LogP contribution in [-0.2, 0) is 22.9 Å². The van der Waals surface area contributed by atoms with E-state index in [1.54, 1.807) is 0 Å². The summed E-state index contributed by atoms with van der Waals surface area (Å²) >= 11 is 0. The highest BCUT2D eigenvalue weighted by atomic mass is 19.4. The third kappa shape index (κ3) is 5.78. The van der Waals surface area contributed by atoms with Crippen molar-refractivity contribution < 1.29 is 18.0 Å². The van der Waals surface area contributed by atoms with Gasteiger partial charge in [-0.3, -0.25) is 9.69 Å². The fraction of sp³-hybridized carbons (Fsp3) is 0.519. The van der Waals surface area contributed by atoms with Crippen LogP contribution in [0.5, 0.6) is 0 Å². The van der Waals surface area contributed by atoms with Crippen LogP contribution < -0.4 is 5.32 Å². The zero-order chi connectivity index (χ0) is 23.6. The fourth-order valence-corrected chi connectivity index (χ4v) is 5.38. The molecule has 0 unspecified atom stereocenters. The first kappa shape index (κ1) is 23.8. The van der Waals surface area contributed by atoms with Crippen molar-refractivity contribution in [1.29, 1.82) is 0 Å². The molecule has 6 heteroatoms. The van der Waals surface area contributed by atoms with Gasteiger partial charge in [0.1, 0.15) is 0 Å². The van der Waals surface area contributed by atoms with E-state index in [9.17, 15) is 18.0 Å². The van der Waals surface area contributed by atoms with E-state index in [1.165, 1.54) is 49.8 Å². The van der Waals surface area contributed by atoms with E-state index in [0.29, 0.717) is 19.0 Å². The molecule has 0 aromatic heterocycles. The van der Waals surface area contributed by atoms with Crippen molar-refractivity contribution in [3.05, 3.63) is 59.2 Å². The zero-order valence-corrected chi connectivity index (χ0v) is 19.5. The van der Waals surface area contributed by atoms with Crippen LogP contribution in [0, 0.1) is 5.92 Å². The molecule has 33 heavy (non-hydrogen) atoms. The van der Waals surface area contributed by atoms with Gasteiger partial charge in [-0.1, -0.05) is 57.4 Å². The van der Waals surface area contributed by atoms with E-state index in [-0.39, 0.29) is 11.3 Å². The maximum absolute atomic E-state index is 12.9. The average molecular weight is 459 g/mol. The van der Waals surface area contributed by atoms with Crippen LogP contribution in [0.25, 0.3) is 11.1 Å². The van der Waals surface area contributed by atoms with E-state index in [2.05, 4.69) is 36.2 Å². The number of amides is 1. The largest absolute Gasteiger partial charge is 0.416 e.